The molecule has 0 aliphatic heterocycles. The summed E-state index contributed by atoms with van der Waals surface area (Å²) >= 11 is 0. The Labute approximate surface area is 110 Å². The number of benzene rings is 2. The van der Waals surface area contributed by atoms with Crippen molar-refractivity contribution in [2.45, 2.75) is 6.92 Å². The second kappa shape index (κ2) is 5.10. The third-order valence-electron chi connectivity index (χ3n) is 2.96. The van der Waals surface area contributed by atoms with Gasteiger partial charge in [-0.05, 0) is 42.8 Å². The number of halogens is 1. The molecule has 0 amide bonds. The molecule has 98 valence electrons. The van der Waals surface area contributed by atoms with Crippen LogP contribution < -0.4 is 4.90 Å². The molecule has 0 saturated heterocycles. The molecule has 1 N–H and O–H groups in total. The number of aromatic carboxylic acids is 1. The largest absolute Gasteiger partial charge is 0.478 e. The van der Waals surface area contributed by atoms with Crippen LogP contribution >= 0.6 is 0 Å². The van der Waals surface area contributed by atoms with E-state index in [2.05, 4.69) is 0 Å². The molecule has 2 rings (SSSR count). The molecular weight excluding hydrogens is 245 g/mol. The Bertz CT molecular complexity index is 625. The van der Waals surface area contributed by atoms with E-state index in [9.17, 15) is 9.18 Å². The van der Waals surface area contributed by atoms with E-state index < -0.39 is 11.8 Å². The van der Waals surface area contributed by atoms with Crippen molar-refractivity contribution >= 4 is 17.3 Å². The average molecular weight is 259 g/mol. The number of anilines is 2. The molecule has 0 spiro atoms. The first-order valence-electron chi connectivity index (χ1n) is 5.82. The molecule has 3 nitrogen and oxygen atoms in total. The van der Waals surface area contributed by atoms with Crippen LogP contribution in [0.25, 0.3) is 0 Å². The van der Waals surface area contributed by atoms with E-state index >= 15 is 0 Å². The Hall–Kier alpha value is -2.36. The summed E-state index contributed by atoms with van der Waals surface area (Å²) in [7, 11) is 1.81. The third-order valence-corrected chi connectivity index (χ3v) is 2.96. The summed E-state index contributed by atoms with van der Waals surface area (Å²) in [5, 5.41) is 8.79. The second-order valence-corrected chi connectivity index (χ2v) is 4.37. The maximum absolute atomic E-state index is 13.6. The Kier molecular flexibility index (Phi) is 3.51. The number of nitrogens with zero attached hydrogens (tertiary/aromatic N) is 1. The van der Waals surface area contributed by atoms with Crippen molar-refractivity contribution in [2.75, 3.05) is 11.9 Å². The number of carboxylic acid groups (broad SMARTS) is 1. The minimum Gasteiger partial charge on any atom is -0.478 e. The van der Waals surface area contributed by atoms with Gasteiger partial charge in [0.15, 0.2) is 0 Å². The van der Waals surface area contributed by atoms with Crippen LogP contribution in [-0.4, -0.2) is 18.1 Å². The van der Waals surface area contributed by atoms with Crippen LogP contribution in [0, 0.1) is 12.7 Å². The molecular formula is C15H14FNO2. The van der Waals surface area contributed by atoms with Gasteiger partial charge in [-0.1, -0.05) is 12.1 Å². The Morgan fingerprint density at radius 2 is 1.84 bits per heavy atom. The van der Waals surface area contributed by atoms with Crippen molar-refractivity contribution in [2.24, 2.45) is 0 Å². The molecule has 0 fully saturated rings. The number of hydrogen-bond donors (Lipinski definition) is 1. The highest BCUT2D eigenvalue weighted by atomic mass is 19.1. The third kappa shape index (κ3) is 2.73. The molecule has 0 radical (unpaired) electrons. The first-order chi connectivity index (χ1) is 8.99. The molecule has 0 unspecified atom stereocenters. The zero-order valence-corrected chi connectivity index (χ0v) is 10.7. The molecule has 0 aromatic heterocycles. The highest BCUT2D eigenvalue weighted by Crippen LogP contribution is 2.25. The predicted molar refractivity (Wildman–Crippen MR) is 72.6 cm³/mol. The van der Waals surface area contributed by atoms with Gasteiger partial charge in [-0.3, -0.25) is 0 Å². The van der Waals surface area contributed by atoms with Gasteiger partial charge < -0.3 is 10.0 Å². The minimum absolute atomic E-state index is 0.318. The lowest BCUT2D eigenvalue weighted by Crippen LogP contribution is -2.11. The molecule has 0 saturated carbocycles. The summed E-state index contributed by atoms with van der Waals surface area (Å²) in [4.78, 5) is 12.6. The SMILES string of the molecule is Cc1cccc(N(C)c2ccc(C(=O)O)c(F)c2)c1. The molecule has 0 aliphatic carbocycles. The maximum Gasteiger partial charge on any atom is 0.338 e. The van der Waals surface area contributed by atoms with Gasteiger partial charge in [0.05, 0.1) is 5.56 Å². The molecule has 0 atom stereocenters. The monoisotopic (exact) mass is 259 g/mol. The quantitative estimate of drug-likeness (QED) is 0.915. The van der Waals surface area contributed by atoms with Crippen molar-refractivity contribution < 1.29 is 14.3 Å². The van der Waals surface area contributed by atoms with Crippen molar-refractivity contribution in [1.82, 2.24) is 0 Å². The molecule has 2 aromatic carbocycles. The first kappa shape index (κ1) is 13.1. The molecule has 19 heavy (non-hydrogen) atoms. The normalized spacial score (nSPS) is 10.3. The lowest BCUT2D eigenvalue weighted by molar-refractivity contribution is 0.0692. The van der Waals surface area contributed by atoms with Crippen molar-refractivity contribution in [3.8, 4) is 0 Å². The van der Waals surface area contributed by atoms with Crippen LogP contribution in [0.2, 0.25) is 0 Å². The van der Waals surface area contributed by atoms with Crippen molar-refractivity contribution in [3.05, 3.63) is 59.4 Å². The summed E-state index contributed by atoms with van der Waals surface area (Å²) in [6.07, 6.45) is 0. The van der Waals surface area contributed by atoms with Gasteiger partial charge in [-0.15, -0.1) is 0 Å². The van der Waals surface area contributed by atoms with Gasteiger partial charge in [0.25, 0.3) is 0 Å². The first-order valence-corrected chi connectivity index (χ1v) is 5.82. The van der Waals surface area contributed by atoms with Crippen molar-refractivity contribution in [1.29, 1.82) is 0 Å². The van der Waals surface area contributed by atoms with E-state index in [1.54, 1.807) is 6.07 Å². The number of carboxylic acids is 1. The van der Waals surface area contributed by atoms with Crippen LogP contribution in [0.4, 0.5) is 15.8 Å². The van der Waals surface area contributed by atoms with Gasteiger partial charge in [-0.25, -0.2) is 9.18 Å². The lowest BCUT2D eigenvalue weighted by Gasteiger charge is -2.20. The van der Waals surface area contributed by atoms with Gasteiger partial charge in [-0.2, -0.15) is 0 Å². The predicted octanol–water partition coefficient (Wildman–Crippen LogP) is 3.60. The van der Waals surface area contributed by atoms with Gasteiger partial charge >= 0.3 is 5.97 Å². The van der Waals surface area contributed by atoms with E-state index in [4.69, 9.17) is 5.11 Å². The molecule has 0 heterocycles. The Balaban J connectivity index is 2.37. The summed E-state index contributed by atoms with van der Waals surface area (Å²) in [5.74, 6) is -1.99. The van der Waals surface area contributed by atoms with Crippen LogP contribution in [0.15, 0.2) is 42.5 Å². The highest BCUT2D eigenvalue weighted by molar-refractivity contribution is 5.88. The molecule has 0 aliphatic rings. The standard InChI is InChI=1S/C15H14FNO2/c1-10-4-3-5-11(8-10)17(2)12-6-7-13(15(18)19)14(16)9-12/h3-9H,1-2H3,(H,18,19). The van der Waals surface area contributed by atoms with E-state index in [0.29, 0.717) is 5.69 Å². The Morgan fingerprint density at radius 1 is 1.16 bits per heavy atom. The van der Waals surface area contributed by atoms with Gasteiger partial charge in [0.2, 0.25) is 0 Å². The summed E-state index contributed by atoms with van der Waals surface area (Å²) in [6, 6.07) is 11.9. The van der Waals surface area contributed by atoms with Crippen LogP contribution in [0.3, 0.4) is 0 Å². The van der Waals surface area contributed by atoms with E-state index in [0.717, 1.165) is 11.3 Å². The lowest BCUT2D eigenvalue weighted by atomic mass is 10.1. The van der Waals surface area contributed by atoms with Gasteiger partial charge in [0, 0.05) is 18.4 Å². The Morgan fingerprint density at radius 3 is 2.42 bits per heavy atom. The fourth-order valence-corrected chi connectivity index (χ4v) is 1.87. The topological polar surface area (TPSA) is 40.5 Å². The van der Waals surface area contributed by atoms with E-state index in [1.807, 2.05) is 43.1 Å². The second-order valence-electron chi connectivity index (χ2n) is 4.37. The van der Waals surface area contributed by atoms with E-state index in [1.165, 1.54) is 12.1 Å². The highest BCUT2D eigenvalue weighted by Gasteiger charge is 2.12. The van der Waals surface area contributed by atoms with Crippen LogP contribution in [0.1, 0.15) is 15.9 Å². The number of rotatable bonds is 3. The summed E-state index contributed by atoms with van der Waals surface area (Å²) in [6.45, 7) is 1.98. The number of hydrogen-bond acceptors (Lipinski definition) is 2. The zero-order chi connectivity index (χ0) is 14.0. The maximum atomic E-state index is 13.6. The zero-order valence-electron chi connectivity index (χ0n) is 10.7. The minimum atomic E-state index is -1.26. The van der Waals surface area contributed by atoms with Crippen LogP contribution in [-0.2, 0) is 0 Å². The van der Waals surface area contributed by atoms with Crippen molar-refractivity contribution in [3.63, 3.8) is 0 Å². The molecule has 2 aromatic rings. The fraction of sp³-hybridized carbons (Fsp3) is 0.133. The fourth-order valence-electron chi connectivity index (χ4n) is 1.87. The smallest absolute Gasteiger partial charge is 0.338 e. The molecule has 4 heteroatoms. The average Bonchev–Trinajstić information content (AvgIpc) is 2.37. The van der Waals surface area contributed by atoms with Crippen LogP contribution in [0.5, 0.6) is 0 Å². The van der Waals surface area contributed by atoms with E-state index in [-0.39, 0.29) is 5.56 Å². The summed E-state index contributed by atoms with van der Waals surface area (Å²) < 4.78 is 13.6. The molecule has 0 bridgehead atoms. The number of aryl methyl sites for hydroxylation is 1. The number of carbonyl (C=O) groups is 1. The summed E-state index contributed by atoms with van der Waals surface area (Å²) in [5.41, 5.74) is 2.31. The van der Waals surface area contributed by atoms with Gasteiger partial charge in [0.1, 0.15) is 5.82 Å².